The van der Waals surface area contributed by atoms with Gasteiger partial charge < -0.3 is 5.32 Å². The normalized spacial score (nSPS) is 13.3. The minimum Gasteiger partial charge on any atom is -0.341 e. The summed E-state index contributed by atoms with van der Waals surface area (Å²) in [5.41, 5.74) is 1.83. The molecule has 0 saturated carbocycles. The lowest BCUT2D eigenvalue weighted by molar-refractivity contribution is 0.0887. The average Bonchev–Trinajstić information content (AvgIpc) is 3.10. The first-order valence-electron chi connectivity index (χ1n) is 9.23. The molecule has 3 aromatic rings. The first-order valence-corrected chi connectivity index (χ1v) is 10.0. The standard InChI is InChI=1S/C21H24BrN5O/c1-15(2)11-21(3,17-7-4-8-18(22)10-17)24-20(28)19-14-27(26-25-19)13-16-6-5-9-23-12-16/h4-10,12,14-15H,11,13H2,1-3H3,(H,24,28)/t21-/m0/s1. The average molecular weight is 442 g/mol. The van der Waals surface area contributed by atoms with Crippen LogP contribution in [-0.4, -0.2) is 25.9 Å². The lowest BCUT2D eigenvalue weighted by Gasteiger charge is -2.33. The third-order valence-electron chi connectivity index (χ3n) is 4.51. The second-order valence-corrected chi connectivity index (χ2v) is 8.47. The summed E-state index contributed by atoms with van der Waals surface area (Å²) in [5.74, 6) is 0.172. The zero-order valence-corrected chi connectivity index (χ0v) is 17.8. The predicted molar refractivity (Wildman–Crippen MR) is 112 cm³/mol. The number of nitrogens with zero attached hydrogens (tertiary/aromatic N) is 4. The van der Waals surface area contributed by atoms with Crippen molar-refractivity contribution in [3.8, 4) is 0 Å². The van der Waals surface area contributed by atoms with Gasteiger partial charge in [0.25, 0.3) is 5.91 Å². The maximum Gasteiger partial charge on any atom is 0.274 e. The highest BCUT2D eigenvalue weighted by atomic mass is 79.9. The molecule has 2 heterocycles. The van der Waals surface area contributed by atoms with Crippen LogP contribution in [0.5, 0.6) is 0 Å². The van der Waals surface area contributed by atoms with E-state index in [9.17, 15) is 4.79 Å². The lowest BCUT2D eigenvalue weighted by Crippen LogP contribution is -2.44. The maximum atomic E-state index is 12.9. The summed E-state index contributed by atoms with van der Waals surface area (Å²) in [6.07, 6.45) is 5.97. The molecule has 0 bridgehead atoms. The Morgan fingerprint density at radius 2 is 2.11 bits per heavy atom. The van der Waals surface area contributed by atoms with Crippen molar-refractivity contribution in [3.05, 3.63) is 76.3 Å². The molecule has 1 amide bonds. The molecular formula is C21H24BrN5O. The molecule has 1 aromatic carbocycles. The number of carbonyl (C=O) groups excluding carboxylic acids is 1. The summed E-state index contributed by atoms with van der Waals surface area (Å²) >= 11 is 3.52. The Morgan fingerprint density at radius 1 is 1.29 bits per heavy atom. The molecule has 0 fully saturated rings. The van der Waals surface area contributed by atoms with E-state index in [1.807, 2.05) is 43.3 Å². The molecule has 28 heavy (non-hydrogen) atoms. The summed E-state index contributed by atoms with van der Waals surface area (Å²) < 4.78 is 2.63. The first-order chi connectivity index (χ1) is 13.4. The molecule has 146 valence electrons. The second-order valence-electron chi connectivity index (χ2n) is 7.56. The number of hydrogen-bond donors (Lipinski definition) is 1. The molecule has 1 N–H and O–H groups in total. The van der Waals surface area contributed by atoms with Crippen molar-refractivity contribution in [2.24, 2.45) is 5.92 Å². The largest absolute Gasteiger partial charge is 0.341 e. The summed E-state index contributed by atoms with van der Waals surface area (Å²) in [6.45, 7) is 6.86. The summed E-state index contributed by atoms with van der Waals surface area (Å²) in [5, 5.41) is 11.3. The fraction of sp³-hybridized carbons (Fsp3) is 0.333. The monoisotopic (exact) mass is 441 g/mol. The van der Waals surface area contributed by atoms with Crippen LogP contribution in [-0.2, 0) is 12.1 Å². The fourth-order valence-electron chi connectivity index (χ4n) is 3.36. The van der Waals surface area contributed by atoms with Gasteiger partial charge in [-0.25, -0.2) is 4.68 Å². The number of halogens is 1. The Labute approximate surface area is 173 Å². The Balaban J connectivity index is 1.79. The number of nitrogens with one attached hydrogen (secondary N) is 1. The van der Waals surface area contributed by atoms with E-state index in [2.05, 4.69) is 50.4 Å². The van der Waals surface area contributed by atoms with Crippen molar-refractivity contribution < 1.29 is 4.79 Å². The van der Waals surface area contributed by atoms with Gasteiger partial charge in [0.15, 0.2) is 5.69 Å². The number of amides is 1. The van der Waals surface area contributed by atoms with E-state index in [-0.39, 0.29) is 5.91 Å². The second kappa shape index (κ2) is 8.65. The Hall–Kier alpha value is -2.54. The highest BCUT2D eigenvalue weighted by Gasteiger charge is 2.31. The molecule has 0 aliphatic carbocycles. The van der Waals surface area contributed by atoms with Crippen LogP contribution >= 0.6 is 15.9 Å². The van der Waals surface area contributed by atoms with Crippen molar-refractivity contribution in [2.75, 3.05) is 0 Å². The van der Waals surface area contributed by atoms with E-state index in [0.29, 0.717) is 18.2 Å². The molecule has 0 aliphatic heterocycles. The van der Waals surface area contributed by atoms with E-state index >= 15 is 0 Å². The van der Waals surface area contributed by atoms with Gasteiger partial charge in [-0.3, -0.25) is 9.78 Å². The van der Waals surface area contributed by atoms with Crippen LogP contribution in [0.15, 0.2) is 59.5 Å². The molecule has 0 unspecified atom stereocenters. The molecule has 0 spiro atoms. The van der Waals surface area contributed by atoms with Crippen LogP contribution in [0.2, 0.25) is 0 Å². The number of aromatic nitrogens is 4. The maximum absolute atomic E-state index is 12.9. The van der Waals surface area contributed by atoms with Gasteiger partial charge in [-0.05, 0) is 48.6 Å². The highest BCUT2D eigenvalue weighted by molar-refractivity contribution is 9.10. The third-order valence-corrected chi connectivity index (χ3v) is 5.00. The molecular weight excluding hydrogens is 418 g/mol. The summed E-state index contributed by atoms with van der Waals surface area (Å²) in [7, 11) is 0. The third kappa shape index (κ3) is 5.04. The van der Waals surface area contributed by atoms with E-state index in [4.69, 9.17) is 0 Å². The number of carbonyl (C=O) groups is 1. The topological polar surface area (TPSA) is 72.7 Å². The van der Waals surface area contributed by atoms with Crippen LogP contribution < -0.4 is 5.32 Å². The lowest BCUT2D eigenvalue weighted by atomic mass is 9.84. The highest BCUT2D eigenvalue weighted by Crippen LogP contribution is 2.30. The summed E-state index contributed by atoms with van der Waals surface area (Å²) in [4.78, 5) is 17.0. The molecule has 2 aromatic heterocycles. The molecule has 0 radical (unpaired) electrons. The summed E-state index contributed by atoms with van der Waals surface area (Å²) in [6, 6.07) is 11.9. The van der Waals surface area contributed by atoms with Crippen molar-refractivity contribution in [1.29, 1.82) is 0 Å². The van der Waals surface area contributed by atoms with Gasteiger partial charge in [0, 0.05) is 16.9 Å². The van der Waals surface area contributed by atoms with Gasteiger partial charge in [-0.15, -0.1) is 5.10 Å². The minimum absolute atomic E-state index is 0.236. The van der Waals surface area contributed by atoms with Crippen LogP contribution in [0.3, 0.4) is 0 Å². The molecule has 3 rings (SSSR count). The molecule has 0 saturated heterocycles. The Bertz CT molecular complexity index is 941. The molecule has 0 aliphatic rings. The van der Waals surface area contributed by atoms with Gasteiger partial charge in [0.05, 0.1) is 18.3 Å². The van der Waals surface area contributed by atoms with Crippen LogP contribution in [0, 0.1) is 5.92 Å². The number of benzene rings is 1. The number of pyridine rings is 1. The fourth-order valence-corrected chi connectivity index (χ4v) is 3.76. The number of rotatable bonds is 7. The van der Waals surface area contributed by atoms with E-state index in [0.717, 1.165) is 22.0 Å². The zero-order chi connectivity index (χ0) is 20.1. The Morgan fingerprint density at radius 3 is 2.79 bits per heavy atom. The van der Waals surface area contributed by atoms with Crippen LogP contribution in [0.4, 0.5) is 0 Å². The quantitative estimate of drug-likeness (QED) is 0.596. The predicted octanol–water partition coefficient (Wildman–Crippen LogP) is 4.18. The van der Waals surface area contributed by atoms with Gasteiger partial charge in [0.1, 0.15) is 0 Å². The smallest absolute Gasteiger partial charge is 0.274 e. The van der Waals surface area contributed by atoms with Crippen molar-refractivity contribution >= 4 is 21.8 Å². The van der Waals surface area contributed by atoms with Gasteiger partial charge in [-0.1, -0.05) is 53.2 Å². The molecule has 6 nitrogen and oxygen atoms in total. The zero-order valence-electron chi connectivity index (χ0n) is 16.3. The SMILES string of the molecule is CC(C)C[C@](C)(NC(=O)c1cn(Cc2cccnc2)nn1)c1cccc(Br)c1. The Kier molecular flexibility index (Phi) is 6.24. The van der Waals surface area contributed by atoms with E-state index in [1.54, 1.807) is 23.3 Å². The van der Waals surface area contributed by atoms with Crippen LogP contribution in [0.1, 0.15) is 48.8 Å². The van der Waals surface area contributed by atoms with Crippen molar-refractivity contribution in [3.63, 3.8) is 0 Å². The minimum atomic E-state index is -0.512. The number of hydrogen-bond acceptors (Lipinski definition) is 4. The van der Waals surface area contributed by atoms with Crippen molar-refractivity contribution in [2.45, 2.75) is 39.3 Å². The van der Waals surface area contributed by atoms with Gasteiger partial charge >= 0.3 is 0 Å². The van der Waals surface area contributed by atoms with Crippen LogP contribution in [0.25, 0.3) is 0 Å². The van der Waals surface area contributed by atoms with E-state index in [1.165, 1.54) is 0 Å². The molecule has 7 heteroatoms. The van der Waals surface area contributed by atoms with Gasteiger partial charge in [0.2, 0.25) is 0 Å². The molecule has 1 atom stereocenters. The van der Waals surface area contributed by atoms with Gasteiger partial charge in [-0.2, -0.15) is 0 Å². The first kappa shape index (κ1) is 20.2. The van der Waals surface area contributed by atoms with E-state index < -0.39 is 5.54 Å². The van der Waals surface area contributed by atoms with Crippen molar-refractivity contribution in [1.82, 2.24) is 25.3 Å².